The standard InChI is InChI=1S/C11H13N5O2/c1-18-11(17)9-6-8(10(12)14-7-9)4-2-3-5-15-16-13/h2,4,6-7H,3,5H2,1H3,(H2,12,14). The van der Waals surface area contributed by atoms with E-state index >= 15 is 0 Å². The zero-order valence-corrected chi connectivity index (χ0v) is 9.91. The number of carbonyl (C=O) groups excluding carboxylic acids is 1. The summed E-state index contributed by atoms with van der Waals surface area (Å²) in [7, 11) is 1.30. The number of carbonyl (C=O) groups is 1. The largest absolute Gasteiger partial charge is 0.465 e. The Morgan fingerprint density at radius 1 is 1.72 bits per heavy atom. The smallest absolute Gasteiger partial charge is 0.339 e. The van der Waals surface area contributed by atoms with E-state index in [2.05, 4.69) is 19.7 Å². The number of esters is 1. The summed E-state index contributed by atoms with van der Waals surface area (Å²) < 4.78 is 4.59. The predicted octanol–water partition coefficient (Wildman–Crippen LogP) is 2.16. The first-order valence-electron chi connectivity index (χ1n) is 5.20. The number of nitrogen functional groups attached to an aromatic ring is 1. The molecule has 0 atom stereocenters. The van der Waals surface area contributed by atoms with Crippen molar-refractivity contribution in [1.29, 1.82) is 0 Å². The van der Waals surface area contributed by atoms with Gasteiger partial charge in [0.1, 0.15) is 5.82 Å². The molecule has 18 heavy (non-hydrogen) atoms. The second-order valence-electron chi connectivity index (χ2n) is 3.34. The van der Waals surface area contributed by atoms with E-state index in [0.717, 1.165) is 0 Å². The van der Waals surface area contributed by atoms with E-state index in [0.29, 0.717) is 29.9 Å². The summed E-state index contributed by atoms with van der Waals surface area (Å²) in [6, 6.07) is 1.60. The summed E-state index contributed by atoms with van der Waals surface area (Å²) in [4.78, 5) is 17.9. The highest BCUT2D eigenvalue weighted by atomic mass is 16.5. The van der Waals surface area contributed by atoms with Crippen molar-refractivity contribution < 1.29 is 9.53 Å². The van der Waals surface area contributed by atoms with Crippen LogP contribution in [0.5, 0.6) is 0 Å². The first-order chi connectivity index (χ1) is 8.69. The molecule has 2 N–H and O–H groups in total. The Kier molecular flexibility index (Phi) is 5.21. The number of azide groups is 1. The first-order valence-corrected chi connectivity index (χ1v) is 5.20. The molecule has 1 rings (SSSR count). The Hall–Kier alpha value is -2.53. The molecule has 7 heteroatoms. The Morgan fingerprint density at radius 2 is 2.50 bits per heavy atom. The van der Waals surface area contributed by atoms with Crippen molar-refractivity contribution in [3.8, 4) is 0 Å². The van der Waals surface area contributed by atoms with Crippen molar-refractivity contribution >= 4 is 17.9 Å². The number of aromatic nitrogens is 1. The van der Waals surface area contributed by atoms with E-state index < -0.39 is 5.97 Å². The van der Waals surface area contributed by atoms with Crippen LogP contribution in [0.25, 0.3) is 16.5 Å². The quantitative estimate of drug-likeness (QED) is 0.282. The molecule has 0 saturated carbocycles. The summed E-state index contributed by atoms with van der Waals surface area (Å²) in [5, 5.41) is 3.39. The maximum Gasteiger partial charge on any atom is 0.339 e. The van der Waals surface area contributed by atoms with E-state index in [1.54, 1.807) is 18.2 Å². The number of nitrogens with zero attached hydrogens (tertiary/aromatic N) is 4. The summed E-state index contributed by atoms with van der Waals surface area (Å²) >= 11 is 0. The Bertz CT molecular complexity index is 506. The van der Waals surface area contributed by atoms with Gasteiger partial charge >= 0.3 is 5.97 Å². The Balaban J connectivity index is 2.80. The molecule has 7 nitrogen and oxygen atoms in total. The zero-order chi connectivity index (χ0) is 13.4. The lowest BCUT2D eigenvalue weighted by Gasteiger charge is -2.02. The van der Waals surface area contributed by atoms with Crippen LogP contribution in [0, 0.1) is 0 Å². The number of anilines is 1. The van der Waals surface area contributed by atoms with Gasteiger partial charge in [-0.3, -0.25) is 0 Å². The van der Waals surface area contributed by atoms with Crippen LogP contribution in [0.3, 0.4) is 0 Å². The monoisotopic (exact) mass is 247 g/mol. The maximum atomic E-state index is 11.3. The lowest BCUT2D eigenvalue weighted by Crippen LogP contribution is -2.04. The van der Waals surface area contributed by atoms with Crippen molar-refractivity contribution in [2.24, 2.45) is 5.11 Å². The van der Waals surface area contributed by atoms with Crippen LogP contribution in [0.1, 0.15) is 22.3 Å². The highest BCUT2D eigenvalue weighted by Crippen LogP contribution is 2.13. The lowest BCUT2D eigenvalue weighted by atomic mass is 10.1. The topological polar surface area (TPSA) is 114 Å². The molecule has 0 aliphatic heterocycles. The second kappa shape index (κ2) is 6.93. The van der Waals surface area contributed by atoms with Crippen LogP contribution in [-0.4, -0.2) is 24.6 Å². The fraction of sp³-hybridized carbons (Fsp3) is 0.273. The van der Waals surface area contributed by atoms with Gasteiger partial charge in [0.2, 0.25) is 0 Å². The molecule has 1 heterocycles. The molecule has 0 bridgehead atoms. The molecule has 0 radical (unpaired) electrons. The van der Waals surface area contributed by atoms with Gasteiger partial charge < -0.3 is 10.5 Å². The summed E-state index contributed by atoms with van der Waals surface area (Å²) in [5.41, 5.74) is 14.7. The van der Waals surface area contributed by atoms with Crippen molar-refractivity contribution in [2.75, 3.05) is 19.4 Å². The molecule has 0 aliphatic carbocycles. The molecule has 0 spiro atoms. The number of hydrogen-bond donors (Lipinski definition) is 1. The third-order valence-electron chi connectivity index (χ3n) is 2.13. The van der Waals surface area contributed by atoms with Crippen molar-refractivity contribution in [3.05, 3.63) is 39.9 Å². The van der Waals surface area contributed by atoms with Crippen molar-refractivity contribution in [1.82, 2.24) is 4.98 Å². The summed E-state index contributed by atoms with van der Waals surface area (Å²) in [5.74, 6) is -0.145. The SMILES string of the molecule is COC(=O)c1cnc(N)c(C=CCCN=[N+]=[N-])c1. The molecule has 94 valence electrons. The molecule has 0 fully saturated rings. The number of ether oxygens (including phenoxy) is 1. The second-order valence-corrected chi connectivity index (χ2v) is 3.34. The van der Waals surface area contributed by atoms with Crippen LogP contribution in [0.2, 0.25) is 0 Å². The van der Waals surface area contributed by atoms with Crippen LogP contribution < -0.4 is 5.73 Å². The molecule has 1 aromatic heterocycles. The molecule has 0 amide bonds. The Morgan fingerprint density at radius 3 is 3.17 bits per heavy atom. The van der Waals surface area contributed by atoms with Gasteiger partial charge in [0, 0.05) is 23.2 Å². The fourth-order valence-electron chi connectivity index (χ4n) is 1.24. The average Bonchev–Trinajstić information content (AvgIpc) is 2.39. The van der Waals surface area contributed by atoms with Gasteiger partial charge in [0.25, 0.3) is 0 Å². The minimum atomic E-state index is -0.466. The minimum Gasteiger partial charge on any atom is -0.465 e. The average molecular weight is 247 g/mol. The van der Waals surface area contributed by atoms with Gasteiger partial charge in [-0.1, -0.05) is 17.3 Å². The molecular formula is C11H13N5O2. The molecule has 0 aromatic carbocycles. The number of rotatable bonds is 5. The number of hydrogen-bond acceptors (Lipinski definition) is 5. The van der Waals surface area contributed by atoms with Gasteiger partial charge in [-0.2, -0.15) is 0 Å². The van der Waals surface area contributed by atoms with Crippen LogP contribution in [-0.2, 0) is 4.74 Å². The zero-order valence-electron chi connectivity index (χ0n) is 9.91. The third-order valence-corrected chi connectivity index (χ3v) is 2.13. The summed E-state index contributed by atoms with van der Waals surface area (Å²) in [6.45, 7) is 0.372. The normalized spacial score (nSPS) is 10.1. The van der Waals surface area contributed by atoms with Gasteiger partial charge in [0.15, 0.2) is 0 Å². The van der Waals surface area contributed by atoms with Crippen LogP contribution >= 0.6 is 0 Å². The van der Waals surface area contributed by atoms with E-state index in [4.69, 9.17) is 11.3 Å². The van der Waals surface area contributed by atoms with E-state index in [1.165, 1.54) is 13.3 Å². The third kappa shape index (κ3) is 3.80. The van der Waals surface area contributed by atoms with E-state index in [9.17, 15) is 4.79 Å². The van der Waals surface area contributed by atoms with Gasteiger partial charge in [-0.05, 0) is 18.0 Å². The minimum absolute atomic E-state index is 0.322. The molecular weight excluding hydrogens is 234 g/mol. The molecule has 0 saturated heterocycles. The lowest BCUT2D eigenvalue weighted by molar-refractivity contribution is 0.0600. The highest BCUT2D eigenvalue weighted by molar-refractivity contribution is 5.90. The maximum absolute atomic E-state index is 11.3. The molecule has 0 aliphatic rings. The van der Waals surface area contributed by atoms with Gasteiger partial charge in [-0.15, -0.1) is 0 Å². The number of pyridine rings is 1. The van der Waals surface area contributed by atoms with Gasteiger partial charge in [-0.25, -0.2) is 9.78 Å². The van der Waals surface area contributed by atoms with Crippen molar-refractivity contribution in [3.63, 3.8) is 0 Å². The van der Waals surface area contributed by atoms with Crippen molar-refractivity contribution in [2.45, 2.75) is 6.42 Å². The number of nitrogens with two attached hydrogens (primary N) is 1. The van der Waals surface area contributed by atoms with Gasteiger partial charge in [0.05, 0.1) is 12.7 Å². The Labute approximate surface area is 104 Å². The molecule has 0 unspecified atom stereocenters. The summed E-state index contributed by atoms with van der Waals surface area (Å²) in [6.07, 6.45) is 5.47. The predicted molar refractivity (Wildman–Crippen MR) is 67.7 cm³/mol. The van der Waals surface area contributed by atoms with Crippen LogP contribution in [0.15, 0.2) is 23.5 Å². The highest BCUT2D eigenvalue weighted by Gasteiger charge is 2.07. The number of methoxy groups -OCH3 is 1. The van der Waals surface area contributed by atoms with Crippen LogP contribution in [0.4, 0.5) is 5.82 Å². The van der Waals surface area contributed by atoms with E-state index in [-0.39, 0.29) is 0 Å². The van der Waals surface area contributed by atoms with E-state index in [1.807, 2.05) is 0 Å². The molecule has 1 aromatic rings. The first kappa shape index (κ1) is 13.5. The fourth-order valence-corrected chi connectivity index (χ4v) is 1.24.